The lowest BCUT2D eigenvalue weighted by molar-refractivity contribution is 0.601. The van der Waals surface area contributed by atoms with Gasteiger partial charge in [-0.05, 0) is 19.8 Å². The van der Waals surface area contributed by atoms with E-state index in [4.69, 9.17) is 10.7 Å². The molecule has 1 aliphatic carbocycles. The molecule has 1 fully saturated rings. The minimum Gasteiger partial charge on any atom is -0.268 e. The highest BCUT2D eigenvalue weighted by Gasteiger charge is 2.33. The first kappa shape index (κ1) is 9.98. The van der Waals surface area contributed by atoms with E-state index in [1.807, 2.05) is 6.92 Å². The lowest BCUT2D eigenvalue weighted by atomic mass is 10.3. The van der Waals surface area contributed by atoms with E-state index in [0.717, 1.165) is 18.5 Å². The Balaban J connectivity index is 2.55. The second-order valence-corrected chi connectivity index (χ2v) is 5.96. The van der Waals surface area contributed by atoms with Crippen LogP contribution in [0.25, 0.3) is 0 Å². The molecule has 1 aliphatic rings. The van der Waals surface area contributed by atoms with Crippen LogP contribution in [0.15, 0.2) is 11.1 Å². The average molecular weight is 235 g/mol. The van der Waals surface area contributed by atoms with Crippen molar-refractivity contribution in [2.24, 2.45) is 0 Å². The summed E-state index contributed by atoms with van der Waals surface area (Å²) < 4.78 is 24.2. The van der Waals surface area contributed by atoms with Crippen molar-refractivity contribution in [1.29, 1.82) is 0 Å². The van der Waals surface area contributed by atoms with Gasteiger partial charge in [0.05, 0.1) is 11.9 Å². The molecule has 0 amide bonds. The third-order valence-electron chi connectivity index (χ3n) is 2.37. The van der Waals surface area contributed by atoms with Crippen LogP contribution in [0.1, 0.15) is 31.4 Å². The lowest BCUT2D eigenvalue weighted by Gasteiger charge is -2.03. The van der Waals surface area contributed by atoms with E-state index < -0.39 is 9.05 Å². The quantitative estimate of drug-likeness (QED) is 0.749. The monoisotopic (exact) mass is 234 g/mol. The Bertz CT molecular complexity index is 448. The second kappa shape index (κ2) is 3.24. The summed E-state index contributed by atoms with van der Waals surface area (Å²) in [6, 6.07) is 0. The van der Waals surface area contributed by atoms with Crippen molar-refractivity contribution >= 4 is 19.7 Å². The molecule has 0 aromatic carbocycles. The predicted molar refractivity (Wildman–Crippen MR) is 52.9 cm³/mol. The van der Waals surface area contributed by atoms with E-state index >= 15 is 0 Å². The molecular formula is C8H11ClN2O2S. The number of nitrogens with zero attached hydrogens (tertiary/aromatic N) is 2. The Kier molecular flexibility index (Phi) is 2.31. The number of rotatable bonds is 3. The number of hydrogen-bond acceptors (Lipinski definition) is 3. The zero-order valence-corrected chi connectivity index (χ0v) is 9.35. The molecule has 0 radical (unpaired) electrons. The van der Waals surface area contributed by atoms with Gasteiger partial charge in [-0.25, -0.2) is 8.42 Å². The maximum absolute atomic E-state index is 11.2. The van der Waals surface area contributed by atoms with Gasteiger partial charge in [0.2, 0.25) is 0 Å². The van der Waals surface area contributed by atoms with E-state index in [2.05, 4.69) is 5.10 Å². The summed E-state index contributed by atoms with van der Waals surface area (Å²) in [6.45, 7) is 2.61. The Morgan fingerprint density at radius 3 is 2.71 bits per heavy atom. The molecule has 0 N–H and O–H groups in total. The van der Waals surface area contributed by atoms with Crippen molar-refractivity contribution < 1.29 is 8.42 Å². The van der Waals surface area contributed by atoms with Crippen LogP contribution in [0.5, 0.6) is 0 Å². The summed E-state index contributed by atoms with van der Waals surface area (Å²) in [4.78, 5) is 0.184. The molecule has 1 aromatic rings. The van der Waals surface area contributed by atoms with Gasteiger partial charge in [-0.3, -0.25) is 4.68 Å². The van der Waals surface area contributed by atoms with Gasteiger partial charge < -0.3 is 0 Å². The van der Waals surface area contributed by atoms with Crippen LogP contribution in [0.3, 0.4) is 0 Å². The van der Waals surface area contributed by atoms with Gasteiger partial charge in [0.1, 0.15) is 4.90 Å². The Labute approximate surface area is 87.3 Å². The normalized spacial score (nSPS) is 17.3. The molecule has 78 valence electrons. The van der Waals surface area contributed by atoms with Gasteiger partial charge in [-0.2, -0.15) is 5.10 Å². The number of aromatic nitrogens is 2. The summed E-state index contributed by atoms with van der Waals surface area (Å²) in [5.74, 6) is 0.334. The molecule has 0 aliphatic heterocycles. The molecule has 0 bridgehead atoms. The molecule has 6 heteroatoms. The highest BCUT2D eigenvalue weighted by Crippen LogP contribution is 2.43. The Morgan fingerprint density at radius 1 is 1.64 bits per heavy atom. The van der Waals surface area contributed by atoms with Crippen molar-refractivity contribution in [2.75, 3.05) is 0 Å². The third-order valence-corrected chi connectivity index (χ3v) is 3.71. The minimum atomic E-state index is -3.64. The van der Waals surface area contributed by atoms with E-state index in [1.165, 1.54) is 6.20 Å². The second-order valence-electron chi connectivity index (χ2n) is 3.42. The van der Waals surface area contributed by atoms with Crippen LogP contribution < -0.4 is 0 Å². The van der Waals surface area contributed by atoms with E-state index in [1.54, 1.807) is 4.68 Å². The van der Waals surface area contributed by atoms with Crippen LogP contribution in [-0.4, -0.2) is 18.2 Å². The van der Waals surface area contributed by atoms with Crippen molar-refractivity contribution in [3.05, 3.63) is 11.9 Å². The summed E-state index contributed by atoms with van der Waals surface area (Å²) in [6.07, 6.45) is 3.41. The summed E-state index contributed by atoms with van der Waals surface area (Å²) in [5.41, 5.74) is 0.780. The molecule has 1 heterocycles. The molecule has 0 spiro atoms. The first-order valence-electron chi connectivity index (χ1n) is 4.54. The zero-order chi connectivity index (χ0) is 10.3. The van der Waals surface area contributed by atoms with Crippen molar-refractivity contribution in [1.82, 2.24) is 9.78 Å². The van der Waals surface area contributed by atoms with E-state index in [9.17, 15) is 8.42 Å². The van der Waals surface area contributed by atoms with Crippen molar-refractivity contribution in [2.45, 2.75) is 37.1 Å². The topological polar surface area (TPSA) is 52.0 Å². The van der Waals surface area contributed by atoms with Crippen LogP contribution >= 0.6 is 10.7 Å². The van der Waals surface area contributed by atoms with Crippen molar-refractivity contribution in [3.8, 4) is 0 Å². The SMILES string of the molecule is CCn1ncc(S(=O)(=O)Cl)c1C1CC1. The largest absolute Gasteiger partial charge is 0.268 e. The fourth-order valence-corrected chi connectivity index (χ4v) is 2.64. The highest BCUT2D eigenvalue weighted by molar-refractivity contribution is 8.13. The van der Waals surface area contributed by atoms with Crippen LogP contribution in [0.2, 0.25) is 0 Å². The molecule has 14 heavy (non-hydrogen) atoms. The number of aryl methyl sites for hydroxylation is 1. The van der Waals surface area contributed by atoms with Gasteiger partial charge in [-0.15, -0.1) is 0 Å². The Hall–Kier alpha value is -0.550. The number of halogens is 1. The van der Waals surface area contributed by atoms with Crippen LogP contribution in [0, 0.1) is 0 Å². The fraction of sp³-hybridized carbons (Fsp3) is 0.625. The van der Waals surface area contributed by atoms with Crippen molar-refractivity contribution in [3.63, 3.8) is 0 Å². The first-order valence-corrected chi connectivity index (χ1v) is 6.85. The summed E-state index contributed by atoms with van der Waals surface area (Å²) in [5, 5.41) is 4.02. The zero-order valence-electron chi connectivity index (χ0n) is 7.77. The maximum atomic E-state index is 11.2. The molecule has 1 aromatic heterocycles. The number of hydrogen-bond donors (Lipinski definition) is 0. The molecule has 2 rings (SSSR count). The summed E-state index contributed by atoms with van der Waals surface area (Å²) >= 11 is 0. The van der Waals surface area contributed by atoms with Crippen LogP contribution in [0.4, 0.5) is 0 Å². The molecule has 0 saturated heterocycles. The van der Waals surface area contributed by atoms with E-state index in [-0.39, 0.29) is 4.90 Å². The lowest BCUT2D eigenvalue weighted by Crippen LogP contribution is -2.03. The van der Waals surface area contributed by atoms with Crippen LogP contribution in [-0.2, 0) is 15.6 Å². The molecule has 4 nitrogen and oxygen atoms in total. The first-order chi connectivity index (χ1) is 6.54. The third kappa shape index (κ3) is 1.66. The summed E-state index contributed by atoms with van der Waals surface area (Å²) in [7, 11) is 1.69. The van der Waals surface area contributed by atoms with Gasteiger partial charge in [0, 0.05) is 23.1 Å². The van der Waals surface area contributed by atoms with Gasteiger partial charge in [-0.1, -0.05) is 0 Å². The smallest absolute Gasteiger partial charge is 0.264 e. The maximum Gasteiger partial charge on any atom is 0.264 e. The van der Waals surface area contributed by atoms with E-state index in [0.29, 0.717) is 12.5 Å². The fourth-order valence-electron chi connectivity index (χ4n) is 1.59. The minimum absolute atomic E-state index is 0.184. The standard InChI is InChI=1S/C8H11ClN2O2S/c1-2-11-8(6-3-4-6)7(5-10-11)14(9,12)13/h5-6H,2-4H2,1H3. The molecule has 0 unspecified atom stereocenters. The van der Waals surface area contributed by atoms with Gasteiger partial charge in [0.15, 0.2) is 0 Å². The average Bonchev–Trinajstić information content (AvgIpc) is 2.82. The van der Waals surface area contributed by atoms with Gasteiger partial charge in [0.25, 0.3) is 9.05 Å². The highest BCUT2D eigenvalue weighted by atomic mass is 35.7. The molecular weight excluding hydrogens is 224 g/mol. The van der Waals surface area contributed by atoms with Gasteiger partial charge >= 0.3 is 0 Å². The Morgan fingerprint density at radius 2 is 2.29 bits per heavy atom. The molecule has 0 atom stereocenters. The predicted octanol–water partition coefficient (Wildman–Crippen LogP) is 1.71. The molecule has 1 saturated carbocycles.